The lowest BCUT2D eigenvalue weighted by molar-refractivity contribution is -0.151. The van der Waals surface area contributed by atoms with Crippen LogP contribution in [0, 0.1) is 0 Å². The monoisotopic (exact) mass is 336 g/mol. The predicted octanol–water partition coefficient (Wildman–Crippen LogP) is -0.447. The van der Waals surface area contributed by atoms with E-state index in [4.69, 9.17) is 4.74 Å². The van der Waals surface area contributed by atoms with E-state index in [0.29, 0.717) is 16.8 Å². The molecule has 0 saturated carbocycles. The van der Waals surface area contributed by atoms with E-state index < -0.39 is 24.5 Å². The highest BCUT2D eigenvalue weighted by Gasteiger charge is 2.26. The first-order valence-corrected chi connectivity index (χ1v) is 7.60. The maximum atomic E-state index is 12.1. The quantitative estimate of drug-likeness (QED) is 0.757. The number of nitrogens with zero attached hydrogens (tertiary/aromatic N) is 3. The van der Waals surface area contributed by atoms with Crippen LogP contribution in [0.25, 0.3) is 10.2 Å². The first kappa shape index (κ1) is 15.2. The number of hydrogen-bond acceptors (Lipinski definition) is 7. The van der Waals surface area contributed by atoms with Crippen LogP contribution < -0.4 is 10.9 Å². The van der Waals surface area contributed by atoms with Gasteiger partial charge in [-0.2, -0.15) is 0 Å². The number of urea groups is 1. The van der Waals surface area contributed by atoms with Crippen LogP contribution in [0.5, 0.6) is 0 Å². The molecule has 0 aromatic carbocycles. The van der Waals surface area contributed by atoms with E-state index >= 15 is 0 Å². The summed E-state index contributed by atoms with van der Waals surface area (Å²) >= 11 is 1.33. The molecule has 3 heterocycles. The number of carbonyl (C=O) groups excluding carboxylic acids is 3. The van der Waals surface area contributed by atoms with Crippen LogP contribution in [0.15, 0.2) is 22.6 Å². The summed E-state index contributed by atoms with van der Waals surface area (Å²) in [5.41, 5.74) is -0.349. The van der Waals surface area contributed by atoms with E-state index in [1.807, 2.05) is 0 Å². The molecule has 2 aromatic heterocycles. The van der Waals surface area contributed by atoms with Crippen molar-refractivity contribution in [3.63, 3.8) is 0 Å². The van der Waals surface area contributed by atoms with Crippen molar-refractivity contribution in [3.05, 3.63) is 28.1 Å². The fourth-order valence-electron chi connectivity index (χ4n) is 2.12. The van der Waals surface area contributed by atoms with E-state index in [1.54, 1.807) is 11.4 Å². The molecule has 2 aromatic rings. The minimum Gasteiger partial charge on any atom is -0.454 e. The average molecular weight is 336 g/mol. The number of amides is 3. The number of thiophene rings is 1. The van der Waals surface area contributed by atoms with Gasteiger partial charge in [-0.3, -0.25) is 23.9 Å². The van der Waals surface area contributed by atoms with Gasteiger partial charge in [0.15, 0.2) is 6.61 Å². The number of fused-ring (bicyclic) bond motifs is 1. The summed E-state index contributed by atoms with van der Waals surface area (Å²) in [4.78, 5) is 52.5. The summed E-state index contributed by atoms with van der Waals surface area (Å²) in [7, 11) is 0. The number of esters is 1. The van der Waals surface area contributed by atoms with Crippen molar-refractivity contribution in [1.82, 2.24) is 19.8 Å². The van der Waals surface area contributed by atoms with Crippen molar-refractivity contribution in [3.8, 4) is 0 Å². The maximum Gasteiger partial charge on any atom is 0.326 e. The van der Waals surface area contributed by atoms with Crippen LogP contribution in [0.4, 0.5) is 4.79 Å². The number of rotatable bonds is 4. The third-order valence-electron chi connectivity index (χ3n) is 3.26. The minimum atomic E-state index is -0.753. The zero-order valence-corrected chi connectivity index (χ0v) is 12.7. The van der Waals surface area contributed by atoms with Crippen LogP contribution in [0.1, 0.15) is 0 Å². The van der Waals surface area contributed by atoms with E-state index in [0.717, 1.165) is 9.47 Å². The molecular formula is C13H12N4O5S. The summed E-state index contributed by atoms with van der Waals surface area (Å²) in [5, 5.41) is 4.64. The third-order valence-corrected chi connectivity index (χ3v) is 4.09. The summed E-state index contributed by atoms with van der Waals surface area (Å²) < 4.78 is 5.94. The third kappa shape index (κ3) is 3.06. The topological polar surface area (TPSA) is 111 Å². The van der Waals surface area contributed by atoms with Crippen LogP contribution >= 0.6 is 11.3 Å². The normalized spacial score (nSPS) is 14.1. The Labute approximate surface area is 133 Å². The smallest absolute Gasteiger partial charge is 0.326 e. The highest BCUT2D eigenvalue weighted by atomic mass is 32.1. The van der Waals surface area contributed by atoms with Gasteiger partial charge >= 0.3 is 12.0 Å². The molecule has 3 amide bonds. The first-order chi connectivity index (χ1) is 11.1. The molecule has 9 nitrogen and oxygen atoms in total. The lowest BCUT2D eigenvalue weighted by Crippen LogP contribution is -2.37. The van der Waals surface area contributed by atoms with Gasteiger partial charge in [0.05, 0.1) is 11.7 Å². The second kappa shape index (κ2) is 6.16. The Kier molecular flexibility index (Phi) is 4.06. The van der Waals surface area contributed by atoms with E-state index in [1.165, 1.54) is 17.7 Å². The lowest BCUT2D eigenvalue weighted by atomic mass is 10.4. The fraction of sp³-hybridized carbons (Fsp3) is 0.308. The molecule has 0 atom stereocenters. The molecule has 0 bridgehead atoms. The largest absolute Gasteiger partial charge is 0.454 e. The number of carbonyl (C=O) groups is 3. The molecule has 1 fully saturated rings. The molecule has 1 aliphatic rings. The van der Waals surface area contributed by atoms with Gasteiger partial charge in [0.1, 0.15) is 11.4 Å². The molecule has 1 aliphatic heterocycles. The summed E-state index contributed by atoms with van der Waals surface area (Å²) in [5.74, 6) is -1.36. The second-order valence-electron chi connectivity index (χ2n) is 4.76. The second-order valence-corrected chi connectivity index (χ2v) is 5.65. The molecule has 1 N–H and O–H groups in total. The summed E-state index contributed by atoms with van der Waals surface area (Å²) in [6.07, 6.45) is 1.26. The molecule has 0 unspecified atom stereocenters. The summed E-state index contributed by atoms with van der Waals surface area (Å²) in [6, 6.07) is 1.13. The molecular weight excluding hydrogens is 324 g/mol. The van der Waals surface area contributed by atoms with Crippen molar-refractivity contribution in [2.75, 3.05) is 19.7 Å². The zero-order chi connectivity index (χ0) is 16.4. The van der Waals surface area contributed by atoms with Crippen LogP contribution in [-0.2, 0) is 20.9 Å². The van der Waals surface area contributed by atoms with Gasteiger partial charge < -0.3 is 10.1 Å². The van der Waals surface area contributed by atoms with E-state index in [2.05, 4.69) is 10.3 Å². The van der Waals surface area contributed by atoms with E-state index in [9.17, 15) is 19.2 Å². The van der Waals surface area contributed by atoms with Crippen molar-refractivity contribution >= 4 is 39.5 Å². The number of hydrogen-bond donors (Lipinski definition) is 1. The Bertz CT molecular complexity index is 842. The molecule has 3 rings (SSSR count). The molecule has 1 saturated heterocycles. The Balaban J connectivity index is 1.60. The molecule has 0 spiro atoms. The van der Waals surface area contributed by atoms with Gasteiger partial charge in [-0.15, -0.1) is 11.3 Å². The molecule has 0 aliphatic carbocycles. The van der Waals surface area contributed by atoms with Gasteiger partial charge in [-0.05, 0) is 11.4 Å². The Morgan fingerprint density at radius 1 is 1.39 bits per heavy atom. The highest BCUT2D eigenvalue weighted by molar-refractivity contribution is 7.16. The van der Waals surface area contributed by atoms with Gasteiger partial charge in [0.2, 0.25) is 0 Å². The summed E-state index contributed by atoms with van der Waals surface area (Å²) in [6.45, 7) is -0.278. The lowest BCUT2D eigenvalue weighted by Gasteiger charge is -2.12. The number of nitrogens with one attached hydrogen (secondary N) is 1. The van der Waals surface area contributed by atoms with Crippen molar-refractivity contribution in [2.45, 2.75) is 6.54 Å². The maximum absolute atomic E-state index is 12.1. The minimum absolute atomic E-state index is 0.243. The Morgan fingerprint density at radius 2 is 2.22 bits per heavy atom. The number of ether oxygens (including phenoxy) is 1. The van der Waals surface area contributed by atoms with Gasteiger partial charge in [-0.1, -0.05) is 0 Å². The predicted molar refractivity (Wildman–Crippen MR) is 80.0 cm³/mol. The van der Waals surface area contributed by atoms with Gasteiger partial charge in [-0.25, -0.2) is 9.78 Å². The number of aromatic nitrogens is 2. The Morgan fingerprint density at radius 3 is 2.96 bits per heavy atom. The average Bonchev–Trinajstić information content (AvgIpc) is 3.16. The van der Waals surface area contributed by atoms with Crippen LogP contribution in [0.3, 0.4) is 0 Å². The van der Waals surface area contributed by atoms with Crippen molar-refractivity contribution in [1.29, 1.82) is 0 Å². The van der Waals surface area contributed by atoms with Crippen molar-refractivity contribution < 1.29 is 19.1 Å². The van der Waals surface area contributed by atoms with Gasteiger partial charge in [0, 0.05) is 13.1 Å². The molecule has 0 radical (unpaired) electrons. The zero-order valence-electron chi connectivity index (χ0n) is 11.9. The highest BCUT2D eigenvalue weighted by Crippen LogP contribution is 2.13. The number of imide groups is 1. The molecule has 23 heavy (non-hydrogen) atoms. The fourth-order valence-corrected chi connectivity index (χ4v) is 2.84. The Hall–Kier alpha value is -2.75. The van der Waals surface area contributed by atoms with Crippen LogP contribution in [0.2, 0.25) is 0 Å². The first-order valence-electron chi connectivity index (χ1n) is 6.73. The SMILES string of the molecule is O=C(Cn1cnc2sccc2c1=O)OCC(=O)N1CCNC1=O. The molecule has 120 valence electrons. The van der Waals surface area contributed by atoms with Crippen molar-refractivity contribution in [2.24, 2.45) is 0 Å². The van der Waals surface area contributed by atoms with Crippen LogP contribution in [-0.4, -0.2) is 52.1 Å². The molecule has 10 heteroatoms. The van der Waals surface area contributed by atoms with E-state index in [-0.39, 0.29) is 18.6 Å². The standard InChI is InChI=1S/C13H12N4O5S/c18-9(17-3-2-14-13(17)21)6-22-10(19)5-16-7-15-11-8(12(16)20)1-4-23-11/h1,4,7H,2-3,5-6H2,(H,14,21). The van der Waals surface area contributed by atoms with Gasteiger partial charge in [0.25, 0.3) is 11.5 Å².